The Morgan fingerprint density at radius 3 is 2.03 bits per heavy atom. The van der Waals surface area contributed by atoms with Crippen LogP contribution < -0.4 is 10.6 Å². The smallest absolute Gasteiger partial charge is 0.234 e. The number of aromatic nitrogens is 1. The van der Waals surface area contributed by atoms with Crippen LogP contribution in [0.5, 0.6) is 0 Å². The van der Waals surface area contributed by atoms with Crippen molar-refractivity contribution in [3.05, 3.63) is 94.5 Å². The number of aryl methyl sites for hydroxylation is 2. The molecular weight excluding hydrogens is 510 g/mol. The minimum absolute atomic E-state index is 0.0785. The summed E-state index contributed by atoms with van der Waals surface area (Å²) in [7, 11) is 0. The van der Waals surface area contributed by atoms with E-state index in [1.807, 2.05) is 60.7 Å². The first-order valence-corrected chi connectivity index (χ1v) is 14.9. The monoisotopic (exact) mass is 545 g/mol. The molecule has 0 saturated carbocycles. The second kappa shape index (κ2) is 13.6. The first kappa shape index (κ1) is 27.9. The van der Waals surface area contributed by atoms with Gasteiger partial charge in [0.25, 0.3) is 0 Å². The van der Waals surface area contributed by atoms with Crippen LogP contribution in [-0.2, 0) is 41.9 Å². The van der Waals surface area contributed by atoms with Crippen LogP contribution in [0.25, 0.3) is 10.2 Å². The molecule has 0 aliphatic heterocycles. The molecule has 3 aromatic carbocycles. The van der Waals surface area contributed by atoms with E-state index in [4.69, 9.17) is 4.98 Å². The number of rotatable bonds is 12. The number of fused-ring (bicyclic) bond motifs is 1. The van der Waals surface area contributed by atoms with E-state index in [0.29, 0.717) is 13.1 Å². The van der Waals surface area contributed by atoms with Crippen molar-refractivity contribution in [2.45, 2.75) is 69.1 Å². The van der Waals surface area contributed by atoms with Crippen LogP contribution in [0.3, 0.4) is 0 Å². The third kappa shape index (κ3) is 7.03. The van der Waals surface area contributed by atoms with Crippen LogP contribution in [0.1, 0.15) is 55.0 Å². The predicted molar refractivity (Wildman–Crippen MR) is 159 cm³/mol. The lowest BCUT2D eigenvalue weighted by molar-refractivity contribution is -0.126. The highest BCUT2D eigenvalue weighted by atomic mass is 32.2. The van der Waals surface area contributed by atoms with Gasteiger partial charge in [-0.15, -0.1) is 11.3 Å². The molecule has 1 heterocycles. The molecule has 5 nitrogen and oxygen atoms in total. The van der Waals surface area contributed by atoms with Gasteiger partial charge >= 0.3 is 0 Å². The summed E-state index contributed by atoms with van der Waals surface area (Å²) in [5.74, 6) is -0.315. The molecule has 1 unspecified atom stereocenters. The molecule has 38 heavy (non-hydrogen) atoms. The zero-order valence-corrected chi connectivity index (χ0v) is 23.9. The quantitative estimate of drug-likeness (QED) is 0.200. The van der Waals surface area contributed by atoms with Crippen LogP contribution in [0.15, 0.2) is 71.1 Å². The maximum Gasteiger partial charge on any atom is 0.234 e. The standard InChI is InChI=1S/C31H35N3O2S2/c1-4-23-17-26-29(25(6-3)24(23)5-2)34-31(37-26)38-27(30(36)33-20-22-15-11-8-12-16-22)18-28(35)32-19-21-13-9-7-10-14-21/h7-17,27H,4-6,18-20H2,1-3H3,(H,32,35)(H,33,36). The van der Waals surface area contributed by atoms with Gasteiger partial charge in [0.15, 0.2) is 4.34 Å². The fraction of sp³-hybridized carbons (Fsp3) is 0.323. The molecule has 7 heteroatoms. The highest BCUT2D eigenvalue weighted by Crippen LogP contribution is 2.37. The number of amides is 2. The first-order chi connectivity index (χ1) is 18.5. The minimum atomic E-state index is -0.587. The van der Waals surface area contributed by atoms with Crippen LogP contribution in [0.4, 0.5) is 0 Å². The predicted octanol–water partition coefficient (Wildman–Crippen LogP) is 6.47. The van der Waals surface area contributed by atoms with Gasteiger partial charge in [0, 0.05) is 19.5 Å². The Bertz CT molecular complexity index is 1370. The average molecular weight is 546 g/mol. The molecule has 4 aromatic rings. The lowest BCUT2D eigenvalue weighted by Gasteiger charge is -2.15. The highest BCUT2D eigenvalue weighted by molar-refractivity contribution is 8.02. The molecule has 0 spiro atoms. The van der Waals surface area contributed by atoms with Crippen molar-refractivity contribution in [3.63, 3.8) is 0 Å². The number of nitrogens with one attached hydrogen (secondary N) is 2. The number of carbonyl (C=O) groups is 2. The topological polar surface area (TPSA) is 71.1 Å². The van der Waals surface area contributed by atoms with E-state index in [9.17, 15) is 9.59 Å². The number of carbonyl (C=O) groups excluding carboxylic acids is 2. The average Bonchev–Trinajstić information content (AvgIpc) is 3.36. The molecule has 1 atom stereocenters. The summed E-state index contributed by atoms with van der Waals surface area (Å²) in [5.41, 5.74) is 7.14. The Morgan fingerprint density at radius 2 is 1.45 bits per heavy atom. The molecule has 4 rings (SSSR count). The van der Waals surface area contributed by atoms with E-state index in [2.05, 4.69) is 37.5 Å². The first-order valence-electron chi connectivity index (χ1n) is 13.2. The molecular formula is C31H35N3O2S2. The van der Waals surface area contributed by atoms with Crippen molar-refractivity contribution in [1.29, 1.82) is 0 Å². The molecule has 0 radical (unpaired) electrons. The second-order valence-electron chi connectivity index (χ2n) is 9.16. The molecule has 198 valence electrons. The number of benzene rings is 3. The van der Waals surface area contributed by atoms with Crippen LogP contribution in [-0.4, -0.2) is 22.0 Å². The van der Waals surface area contributed by atoms with Crippen molar-refractivity contribution in [2.24, 2.45) is 0 Å². The summed E-state index contributed by atoms with van der Waals surface area (Å²) >= 11 is 3.00. The van der Waals surface area contributed by atoms with Gasteiger partial charge in [0.2, 0.25) is 11.8 Å². The van der Waals surface area contributed by atoms with Gasteiger partial charge in [0.05, 0.1) is 15.5 Å². The van der Waals surface area contributed by atoms with Crippen molar-refractivity contribution in [1.82, 2.24) is 15.6 Å². The molecule has 0 bridgehead atoms. The summed E-state index contributed by atoms with van der Waals surface area (Å²) in [6, 6.07) is 21.9. The summed E-state index contributed by atoms with van der Waals surface area (Å²) in [6.45, 7) is 7.42. The maximum absolute atomic E-state index is 13.3. The third-order valence-corrected chi connectivity index (χ3v) is 8.91. The van der Waals surface area contributed by atoms with E-state index >= 15 is 0 Å². The second-order valence-corrected chi connectivity index (χ2v) is 11.6. The lowest BCUT2D eigenvalue weighted by Crippen LogP contribution is -2.36. The largest absolute Gasteiger partial charge is 0.352 e. The maximum atomic E-state index is 13.3. The van der Waals surface area contributed by atoms with Gasteiger partial charge in [-0.05, 0) is 53.1 Å². The zero-order valence-electron chi connectivity index (χ0n) is 22.3. The lowest BCUT2D eigenvalue weighted by atomic mass is 9.95. The van der Waals surface area contributed by atoms with Gasteiger partial charge in [-0.3, -0.25) is 9.59 Å². The summed E-state index contributed by atoms with van der Waals surface area (Å²) < 4.78 is 1.97. The van der Waals surface area contributed by atoms with E-state index < -0.39 is 5.25 Å². The van der Waals surface area contributed by atoms with E-state index in [1.54, 1.807) is 11.3 Å². The van der Waals surface area contributed by atoms with Crippen LogP contribution in [0, 0.1) is 0 Å². The van der Waals surface area contributed by atoms with Gasteiger partial charge in [0.1, 0.15) is 0 Å². The molecule has 0 aliphatic rings. The zero-order chi connectivity index (χ0) is 26.9. The molecule has 1 aromatic heterocycles. The Labute approximate surface area is 233 Å². The van der Waals surface area contributed by atoms with Gasteiger partial charge in [-0.1, -0.05) is 93.2 Å². The number of hydrogen-bond donors (Lipinski definition) is 2. The molecule has 0 fully saturated rings. The molecule has 2 amide bonds. The molecule has 0 saturated heterocycles. The number of nitrogens with zero attached hydrogens (tertiary/aromatic N) is 1. The molecule has 2 N–H and O–H groups in total. The van der Waals surface area contributed by atoms with Crippen molar-refractivity contribution < 1.29 is 9.59 Å². The van der Waals surface area contributed by atoms with Crippen molar-refractivity contribution in [2.75, 3.05) is 0 Å². The Balaban J connectivity index is 1.54. The Morgan fingerprint density at radius 1 is 0.842 bits per heavy atom. The summed E-state index contributed by atoms with van der Waals surface area (Å²) in [5, 5.41) is 5.41. The molecule has 0 aliphatic carbocycles. The third-order valence-electron chi connectivity index (χ3n) is 6.61. The van der Waals surface area contributed by atoms with Crippen molar-refractivity contribution in [3.8, 4) is 0 Å². The minimum Gasteiger partial charge on any atom is -0.352 e. The summed E-state index contributed by atoms with van der Waals surface area (Å²) in [6.07, 6.45) is 2.96. The SMILES string of the molecule is CCc1cc2sc(SC(CC(=O)NCc3ccccc3)C(=O)NCc3ccccc3)nc2c(CC)c1CC. The van der Waals surface area contributed by atoms with E-state index in [-0.39, 0.29) is 18.2 Å². The number of thioether (sulfide) groups is 1. The fourth-order valence-corrected chi connectivity index (χ4v) is 7.05. The van der Waals surface area contributed by atoms with Crippen LogP contribution in [0.2, 0.25) is 0 Å². The normalized spacial score (nSPS) is 11.9. The van der Waals surface area contributed by atoms with Gasteiger partial charge in [-0.2, -0.15) is 0 Å². The van der Waals surface area contributed by atoms with E-state index in [0.717, 1.165) is 44.9 Å². The van der Waals surface area contributed by atoms with Crippen molar-refractivity contribution >= 4 is 45.1 Å². The van der Waals surface area contributed by atoms with Crippen LogP contribution >= 0.6 is 23.1 Å². The Hall–Kier alpha value is -3.16. The number of thiazole rings is 1. The summed E-state index contributed by atoms with van der Waals surface area (Å²) in [4.78, 5) is 31.2. The van der Waals surface area contributed by atoms with Gasteiger partial charge < -0.3 is 10.6 Å². The van der Waals surface area contributed by atoms with E-state index in [1.165, 1.54) is 28.5 Å². The van der Waals surface area contributed by atoms with Gasteiger partial charge in [-0.25, -0.2) is 4.98 Å². The Kier molecular flexibility index (Phi) is 9.96. The number of hydrogen-bond acceptors (Lipinski definition) is 5. The highest BCUT2D eigenvalue weighted by Gasteiger charge is 2.25. The fourth-order valence-electron chi connectivity index (χ4n) is 4.64.